The van der Waals surface area contributed by atoms with Crippen LogP contribution in [-0.2, 0) is 9.59 Å². The van der Waals surface area contributed by atoms with E-state index in [0.29, 0.717) is 5.56 Å². The van der Waals surface area contributed by atoms with Crippen LogP contribution in [0.4, 0.5) is 0 Å². The van der Waals surface area contributed by atoms with Gasteiger partial charge in [0.1, 0.15) is 6.54 Å². The first-order valence-electron chi connectivity index (χ1n) is 5.62. The summed E-state index contributed by atoms with van der Waals surface area (Å²) in [7, 11) is 0. The Bertz CT molecular complexity index is 519. The van der Waals surface area contributed by atoms with Crippen molar-refractivity contribution in [1.82, 2.24) is 16.0 Å². The van der Waals surface area contributed by atoms with Crippen molar-refractivity contribution in [3.63, 3.8) is 0 Å². The highest BCUT2D eigenvalue weighted by atomic mass is 32.1. The van der Waals surface area contributed by atoms with Crippen molar-refractivity contribution in [2.45, 2.75) is 0 Å². The highest BCUT2D eigenvalue weighted by molar-refractivity contribution is 7.80. The number of aliphatic carboxylic acids is 1. The molecule has 0 atom stereocenters. The van der Waals surface area contributed by atoms with Crippen LogP contribution in [-0.4, -0.2) is 41.1 Å². The van der Waals surface area contributed by atoms with E-state index < -0.39 is 24.3 Å². The average Bonchev–Trinajstić information content (AvgIpc) is 2.43. The first kappa shape index (κ1) is 15.6. The lowest BCUT2D eigenvalue weighted by Crippen LogP contribution is -2.44. The fraction of sp³-hybridized carbons (Fsp3) is 0.167. The zero-order valence-corrected chi connectivity index (χ0v) is 11.2. The molecule has 0 aliphatic rings. The summed E-state index contributed by atoms with van der Waals surface area (Å²) >= 11 is 4.84. The molecule has 4 N–H and O–H groups in total. The molecule has 1 rings (SSSR count). The number of carbonyl (C=O) groups excluding carboxylic acids is 2. The normalized spacial score (nSPS) is 9.40. The molecule has 0 aliphatic carbocycles. The maximum atomic E-state index is 11.7. The number of benzene rings is 1. The summed E-state index contributed by atoms with van der Waals surface area (Å²) in [6.45, 7) is -0.690. The Morgan fingerprint density at radius 2 is 1.70 bits per heavy atom. The summed E-state index contributed by atoms with van der Waals surface area (Å²) < 4.78 is 0. The van der Waals surface area contributed by atoms with Crippen molar-refractivity contribution in [2.24, 2.45) is 0 Å². The third kappa shape index (κ3) is 5.91. The van der Waals surface area contributed by atoms with E-state index in [4.69, 9.17) is 17.3 Å². The Hall–Kier alpha value is -2.48. The highest BCUT2D eigenvalue weighted by Gasteiger charge is 2.08. The molecular weight excluding hydrogens is 282 g/mol. The maximum Gasteiger partial charge on any atom is 0.322 e. The second-order valence-electron chi connectivity index (χ2n) is 3.67. The standard InChI is InChI=1S/C12H13N3O4S/c16-9(13-7-10(17)18)6-14-12(20)15-11(19)8-4-2-1-3-5-8/h1-5H,6-7H2,(H,13,16)(H,17,18)(H2,14,15,19,20). The van der Waals surface area contributed by atoms with Gasteiger partial charge in [0.05, 0.1) is 6.54 Å². The molecule has 0 saturated carbocycles. The van der Waals surface area contributed by atoms with Crippen molar-refractivity contribution in [2.75, 3.05) is 13.1 Å². The first-order chi connectivity index (χ1) is 9.49. The monoisotopic (exact) mass is 295 g/mol. The van der Waals surface area contributed by atoms with Gasteiger partial charge in [-0.15, -0.1) is 0 Å². The molecule has 0 unspecified atom stereocenters. The number of carboxylic acids is 1. The lowest BCUT2D eigenvalue weighted by molar-refractivity contribution is -0.137. The van der Waals surface area contributed by atoms with Crippen molar-refractivity contribution in [3.8, 4) is 0 Å². The van der Waals surface area contributed by atoms with Crippen LogP contribution in [0.25, 0.3) is 0 Å². The van der Waals surface area contributed by atoms with Gasteiger partial charge in [-0.25, -0.2) is 0 Å². The minimum Gasteiger partial charge on any atom is -0.480 e. The third-order valence-electron chi connectivity index (χ3n) is 2.11. The number of hydrogen-bond donors (Lipinski definition) is 4. The molecular formula is C12H13N3O4S. The fourth-order valence-electron chi connectivity index (χ4n) is 1.21. The van der Waals surface area contributed by atoms with Crippen LogP contribution >= 0.6 is 12.2 Å². The smallest absolute Gasteiger partial charge is 0.322 e. The van der Waals surface area contributed by atoms with Gasteiger partial charge in [-0.05, 0) is 24.4 Å². The molecule has 20 heavy (non-hydrogen) atoms. The average molecular weight is 295 g/mol. The Balaban J connectivity index is 2.32. The summed E-state index contributed by atoms with van der Waals surface area (Å²) in [5.74, 6) is -2.07. The van der Waals surface area contributed by atoms with Gasteiger partial charge in [0.25, 0.3) is 5.91 Å². The third-order valence-corrected chi connectivity index (χ3v) is 2.36. The quantitative estimate of drug-likeness (QED) is 0.545. The molecule has 0 aromatic heterocycles. The maximum absolute atomic E-state index is 11.7. The number of carboxylic acid groups (broad SMARTS) is 1. The van der Waals surface area contributed by atoms with Crippen molar-refractivity contribution in [1.29, 1.82) is 0 Å². The fourth-order valence-corrected chi connectivity index (χ4v) is 1.37. The minimum atomic E-state index is -1.14. The van der Waals surface area contributed by atoms with Crippen LogP contribution in [0.3, 0.4) is 0 Å². The molecule has 0 bridgehead atoms. The lowest BCUT2D eigenvalue weighted by atomic mass is 10.2. The number of thiocarbonyl (C=S) groups is 1. The van der Waals surface area contributed by atoms with Gasteiger partial charge in [-0.3, -0.25) is 19.7 Å². The van der Waals surface area contributed by atoms with Crippen molar-refractivity contribution >= 4 is 35.1 Å². The number of carbonyl (C=O) groups is 3. The molecule has 106 valence electrons. The lowest BCUT2D eigenvalue weighted by Gasteiger charge is -2.09. The molecule has 0 radical (unpaired) electrons. The number of hydrogen-bond acceptors (Lipinski definition) is 4. The SMILES string of the molecule is O=C(O)CNC(=O)CNC(=S)NC(=O)c1ccccc1. The van der Waals surface area contributed by atoms with Crippen LogP contribution in [0.1, 0.15) is 10.4 Å². The van der Waals surface area contributed by atoms with Crippen LogP contribution in [0.5, 0.6) is 0 Å². The number of amides is 2. The summed E-state index contributed by atoms with van der Waals surface area (Å²) in [6, 6.07) is 8.45. The Kier molecular flexibility index (Phi) is 6.11. The van der Waals surface area contributed by atoms with E-state index in [1.54, 1.807) is 30.3 Å². The molecule has 0 heterocycles. The largest absolute Gasteiger partial charge is 0.480 e. The molecule has 0 saturated heterocycles. The van der Waals surface area contributed by atoms with E-state index in [2.05, 4.69) is 16.0 Å². The Morgan fingerprint density at radius 1 is 1.05 bits per heavy atom. The number of rotatable bonds is 5. The van der Waals surface area contributed by atoms with Gasteiger partial charge in [0.15, 0.2) is 5.11 Å². The number of nitrogens with one attached hydrogen (secondary N) is 3. The van der Waals surface area contributed by atoms with Gasteiger partial charge in [-0.1, -0.05) is 18.2 Å². The van der Waals surface area contributed by atoms with Gasteiger partial charge in [0, 0.05) is 5.56 Å². The van der Waals surface area contributed by atoms with E-state index >= 15 is 0 Å². The molecule has 2 amide bonds. The summed E-state index contributed by atoms with van der Waals surface area (Å²) in [4.78, 5) is 33.1. The molecule has 8 heteroatoms. The predicted octanol–water partition coefficient (Wildman–Crippen LogP) is -0.508. The van der Waals surface area contributed by atoms with Gasteiger partial charge >= 0.3 is 5.97 Å². The summed E-state index contributed by atoms with van der Waals surface area (Å²) in [6.07, 6.45) is 0. The Morgan fingerprint density at radius 3 is 2.30 bits per heavy atom. The van der Waals surface area contributed by atoms with Gasteiger partial charge < -0.3 is 15.7 Å². The van der Waals surface area contributed by atoms with Crippen LogP contribution in [0.2, 0.25) is 0 Å². The van der Waals surface area contributed by atoms with Crippen molar-refractivity contribution in [3.05, 3.63) is 35.9 Å². The van der Waals surface area contributed by atoms with E-state index in [1.807, 2.05) is 0 Å². The summed E-state index contributed by atoms with van der Waals surface area (Å²) in [5.41, 5.74) is 0.437. The van der Waals surface area contributed by atoms with E-state index in [9.17, 15) is 14.4 Å². The van der Waals surface area contributed by atoms with Crippen LogP contribution < -0.4 is 16.0 Å². The second-order valence-corrected chi connectivity index (χ2v) is 4.08. The molecule has 1 aromatic rings. The minimum absolute atomic E-state index is 0.00988. The molecule has 0 spiro atoms. The molecule has 7 nitrogen and oxygen atoms in total. The molecule has 0 fully saturated rings. The first-order valence-corrected chi connectivity index (χ1v) is 6.02. The topological polar surface area (TPSA) is 108 Å². The van der Waals surface area contributed by atoms with E-state index in [1.165, 1.54) is 0 Å². The van der Waals surface area contributed by atoms with Crippen LogP contribution in [0.15, 0.2) is 30.3 Å². The van der Waals surface area contributed by atoms with Crippen molar-refractivity contribution < 1.29 is 19.5 Å². The van der Waals surface area contributed by atoms with E-state index in [-0.39, 0.29) is 11.7 Å². The van der Waals surface area contributed by atoms with Gasteiger partial charge in [-0.2, -0.15) is 0 Å². The highest BCUT2D eigenvalue weighted by Crippen LogP contribution is 1.97. The zero-order valence-electron chi connectivity index (χ0n) is 10.4. The molecule has 1 aromatic carbocycles. The predicted molar refractivity (Wildman–Crippen MR) is 75.2 cm³/mol. The molecule has 0 aliphatic heterocycles. The zero-order chi connectivity index (χ0) is 15.0. The van der Waals surface area contributed by atoms with Gasteiger partial charge in [0.2, 0.25) is 5.91 Å². The van der Waals surface area contributed by atoms with Crippen LogP contribution in [0, 0.1) is 0 Å². The second kappa shape index (κ2) is 7.85. The summed E-state index contributed by atoms with van der Waals surface area (Å²) in [5, 5.41) is 15.4. The Labute approximate surface area is 120 Å². The van der Waals surface area contributed by atoms with E-state index in [0.717, 1.165) is 0 Å².